The molecule has 0 saturated heterocycles. The second-order valence-electron chi connectivity index (χ2n) is 4.12. The summed E-state index contributed by atoms with van der Waals surface area (Å²) in [4.78, 5) is 8.70. The Kier molecular flexibility index (Phi) is 2.86. The molecule has 3 heteroatoms. The van der Waals surface area contributed by atoms with Crippen LogP contribution in [0.2, 0.25) is 0 Å². The lowest BCUT2D eigenvalue weighted by Crippen LogP contribution is -1.94. The highest BCUT2D eigenvalue weighted by molar-refractivity contribution is 5.58. The predicted molar refractivity (Wildman–Crippen MR) is 66.0 cm³/mol. The van der Waals surface area contributed by atoms with Crippen molar-refractivity contribution in [1.29, 1.82) is 0 Å². The first-order chi connectivity index (χ1) is 7.66. The summed E-state index contributed by atoms with van der Waals surface area (Å²) in [6.45, 7) is 4.25. The van der Waals surface area contributed by atoms with Gasteiger partial charge in [0.1, 0.15) is 0 Å². The molecule has 0 bridgehead atoms. The molecular weight excluding hydrogens is 198 g/mol. The minimum absolute atomic E-state index is 0.459. The van der Waals surface area contributed by atoms with Crippen LogP contribution >= 0.6 is 0 Å². The van der Waals surface area contributed by atoms with Crippen molar-refractivity contribution in [1.82, 2.24) is 9.97 Å². The predicted octanol–water partition coefficient (Wildman–Crippen LogP) is 2.85. The lowest BCUT2D eigenvalue weighted by atomic mass is 10.1. The summed E-state index contributed by atoms with van der Waals surface area (Å²) in [5.74, 6) is 1.20. The van der Waals surface area contributed by atoms with Gasteiger partial charge in [-0.2, -0.15) is 0 Å². The second-order valence-corrected chi connectivity index (χ2v) is 4.12. The van der Waals surface area contributed by atoms with Gasteiger partial charge in [-0.1, -0.05) is 13.8 Å². The van der Waals surface area contributed by atoms with E-state index in [1.807, 2.05) is 36.7 Å². The maximum atomic E-state index is 5.63. The smallest absolute Gasteiger partial charge is 0.159 e. The Morgan fingerprint density at radius 2 is 1.56 bits per heavy atom. The van der Waals surface area contributed by atoms with Crippen molar-refractivity contribution in [2.45, 2.75) is 19.8 Å². The number of aromatic nitrogens is 2. The molecular formula is C13H15N3. The van der Waals surface area contributed by atoms with Crippen molar-refractivity contribution >= 4 is 5.69 Å². The van der Waals surface area contributed by atoms with Gasteiger partial charge >= 0.3 is 0 Å². The molecule has 0 radical (unpaired) electrons. The van der Waals surface area contributed by atoms with Gasteiger partial charge in [0.2, 0.25) is 0 Å². The first kappa shape index (κ1) is 10.6. The number of benzene rings is 1. The molecule has 3 nitrogen and oxygen atoms in total. The average molecular weight is 213 g/mol. The molecule has 0 saturated carbocycles. The Balaban J connectivity index is 2.31. The minimum Gasteiger partial charge on any atom is -0.399 e. The molecule has 0 spiro atoms. The van der Waals surface area contributed by atoms with E-state index in [-0.39, 0.29) is 0 Å². The minimum atomic E-state index is 0.459. The van der Waals surface area contributed by atoms with Crippen LogP contribution in [0.3, 0.4) is 0 Å². The Labute approximate surface area is 95.4 Å². The maximum Gasteiger partial charge on any atom is 0.159 e. The van der Waals surface area contributed by atoms with E-state index in [1.165, 1.54) is 0 Å². The van der Waals surface area contributed by atoms with Crippen molar-refractivity contribution in [3.8, 4) is 11.4 Å². The monoisotopic (exact) mass is 213 g/mol. The highest BCUT2D eigenvalue weighted by Gasteiger charge is 2.03. The number of nitrogen functional groups attached to an aromatic ring is 1. The summed E-state index contributed by atoms with van der Waals surface area (Å²) in [5, 5.41) is 0. The SMILES string of the molecule is CC(C)c1cnc(-c2ccc(N)cc2)nc1. The van der Waals surface area contributed by atoms with Gasteiger partial charge in [-0.15, -0.1) is 0 Å². The fourth-order valence-corrected chi connectivity index (χ4v) is 1.42. The molecule has 0 aliphatic heterocycles. The highest BCUT2D eigenvalue weighted by Crippen LogP contribution is 2.18. The number of anilines is 1. The van der Waals surface area contributed by atoms with E-state index in [0.29, 0.717) is 5.92 Å². The third-order valence-corrected chi connectivity index (χ3v) is 2.51. The molecule has 82 valence electrons. The van der Waals surface area contributed by atoms with Crippen molar-refractivity contribution in [2.75, 3.05) is 5.73 Å². The van der Waals surface area contributed by atoms with Gasteiger partial charge in [-0.25, -0.2) is 9.97 Å². The van der Waals surface area contributed by atoms with Gasteiger partial charge in [0.05, 0.1) is 0 Å². The molecule has 2 rings (SSSR count). The van der Waals surface area contributed by atoms with Crippen LogP contribution in [0.25, 0.3) is 11.4 Å². The molecule has 1 heterocycles. The molecule has 0 aliphatic carbocycles. The number of nitrogens with two attached hydrogens (primary N) is 1. The van der Waals surface area contributed by atoms with Crippen LogP contribution in [0, 0.1) is 0 Å². The van der Waals surface area contributed by atoms with E-state index in [9.17, 15) is 0 Å². The van der Waals surface area contributed by atoms with Gasteiger partial charge in [0.25, 0.3) is 0 Å². The lowest BCUT2D eigenvalue weighted by Gasteiger charge is -2.05. The third-order valence-electron chi connectivity index (χ3n) is 2.51. The van der Waals surface area contributed by atoms with Crippen LogP contribution in [0.4, 0.5) is 5.69 Å². The molecule has 16 heavy (non-hydrogen) atoms. The van der Waals surface area contributed by atoms with E-state index in [0.717, 1.165) is 22.6 Å². The van der Waals surface area contributed by atoms with Crippen LogP contribution in [0.5, 0.6) is 0 Å². The van der Waals surface area contributed by atoms with Crippen LogP contribution in [-0.2, 0) is 0 Å². The summed E-state index contributed by atoms with van der Waals surface area (Å²) < 4.78 is 0. The van der Waals surface area contributed by atoms with Crippen LogP contribution < -0.4 is 5.73 Å². The molecule has 2 N–H and O–H groups in total. The van der Waals surface area contributed by atoms with Crippen molar-refractivity contribution in [3.63, 3.8) is 0 Å². The first-order valence-electron chi connectivity index (χ1n) is 5.34. The molecule has 0 unspecified atom stereocenters. The van der Waals surface area contributed by atoms with E-state index in [4.69, 9.17) is 5.73 Å². The maximum absolute atomic E-state index is 5.63. The zero-order chi connectivity index (χ0) is 11.5. The van der Waals surface area contributed by atoms with E-state index < -0.39 is 0 Å². The zero-order valence-corrected chi connectivity index (χ0v) is 9.51. The van der Waals surface area contributed by atoms with Gasteiger partial charge in [-0.3, -0.25) is 0 Å². The lowest BCUT2D eigenvalue weighted by molar-refractivity contribution is 0.847. The highest BCUT2D eigenvalue weighted by atomic mass is 14.9. The van der Waals surface area contributed by atoms with Gasteiger partial charge < -0.3 is 5.73 Å². The standard InChI is InChI=1S/C13H15N3/c1-9(2)11-7-15-13(16-8-11)10-3-5-12(14)6-4-10/h3-9H,14H2,1-2H3. The first-order valence-corrected chi connectivity index (χ1v) is 5.34. The van der Waals surface area contributed by atoms with Crippen molar-refractivity contribution in [3.05, 3.63) is 42.2 Å². The molecule has 0 fully saturated rings. The largest absolute Gasteiger partial charge is 0.399 e. The third kappa shape index (κ3) is 2.19. The summed E-state index contributed by atoms with van der Waals surface area (Å²) >= 11 is 0. The Hall–Kier alpha value is -1.90. The zero-order valence-electron chi connectivity index (χ0n) is 9.51. The second kappa shape index (κ2) is 4.31. The molecule has 0 amide bonds. The molecule has 1 aromatic heterocycles. The van der Waals surface area contributed by atoms with Crippen molar-refractivity contribution in [2.24, 2.45) is 0 Å². The molecule has 1 aromatic carbocycles. The van der Waals surface area contributed by atoms with Gasteiger partial charge in [0, 0.05) is 23.6 Å². The Bertz CT molecular complexity index is 458. The van der Waals surface area contributed by atoms with Crippen LogP contribution in [0.15, 0.2) is 36.7 Å². The average Bonchev–Trinajstić information content (AvgIpc) is 2.30. The normalized spacial score (nSPS) is 10.7. The molecule has 0 aliphatic rings. The Morgan fingerprint density at radius 1 is 1.00 bits per heavy atom. The summed E-state index contributed by atoms with van der Waals surface area (Å²) in [5.41, 5.74) is 8.52. The number of hydrogen-bond donors (Lipinski definition) is 1. The van der Waals surface area contributed by atoms with Gasteiger partial charge in [0.15, 0.2) is 5.82 Å². The number of hydrogen-bond acceptors (Lipinski definition) is 3. The molecule has 2 aromatic rings. The number of rotatable bonds is 2. The van der Waals surface area contributed by atoms with Crippen molar-refractivity contribution < 1.29 is 0 Å². The fraction of sp³-hybridized carbons (Fsp3) is 0.231. The van der Waals surface area contributed by atoms with Crippen LogP contribution in [0.1, 0.15) is 25.3 Å². The Morgan fingerprint density at radius 3 is 2.06 bits per heavy atom. The van der Waals surface area contributed by atoms with E-state index in [2.05, 4.69) is 23.8 Å². The number of nitrogens with zero attached hydrogens (tertiary/aromatic N) is 2. The molecule has 0 atom stereocenters. The van der Waals surface area contributed by atoms with Crippen LogP contribution in [-0.4, -0.2) is 9.97 Å². The fourth-order valence-electron chi connectivity index (χ4n) is 1.42. The summed E-state index contributed by atoms with van der Waals surface area (Å²) in [7, 11) is 0. The summed E-state index contributed by atoms with van der Waals surface area (Å²) in [6, 6.07) is 7.57. The topological polar surface area (TPSA) is 51.8 Å². The van der Waals surface area contributed by atoms with E-state index >= 15 is 0 Å². The summed E-state index contributed by atoms with van der Waals surface area (Å²) in [6.07, 6.45) is 3.76. The quantitative estimate of drug-likeness (QED) is 0.780. The van der Waals surface area contributed by atoms with E-state index in [1.54, 1.807) is 0 Å². The van der Waals surface area contributed by atoms with Gasteiger partial charge in [-0.05, 0) is 35.7 Å².